The second-order valence-electron chi connectivity index (χ2n) is 8.08. The normalized spacial score (nSPS) is 11.0. The molecule has 2 aromatic heterocycles. The molecule has 1 amide bonds. The second kappa shape index (κ2) is 9.93. The monoisotopic (exact) mass is 519 g/mol. The summed E-state index contributed by atoms with van der Waals surface area (Å²) in [7, 11) is 0. The number of hydrogen-bond acceptors (Lipinski definition) is 5. The number of nitrogens with one attached hydrogen (secondary N) is 1. The van der Waals surface area contributed by atoms with E-state index < -0.39 is 0 Å². The van der Waals surface area contributed by atoms with Crippen molar-refractivity contribution >= 4 is 44.7 Å². The van der Waals surface area contributed by atoms with Crippen molar-refractivity contribution in [2.24, 2.45) is 0 Å². The number of aromatic nitrogens is 2. The molecule has 0 bridgehead atoms. The number of thiophene rings is 1. The summed E-state index contributed by atoms with van der Waals surface area (Å²) in [5, 5.41) is 3.87. The Balaban J connectivity index is 1.34. The molecule has 0 saturated heterocycles. The van der Waals surface area contributed by atoms with Gasteiger partial charge in [0.05, 0.1) is 23.1 Å². The molecule has 0 spiro atoms. The quantitative estimate of drug-likeness (QED) is 0.272. The predicted molar refractivity (Wildman–Crippen MR) is 140 cm³/mol. The second-order valence-corrected chi connectivity index (χ2v) is 9.51. The third-order valence-electron chi connectivity index (χ3n) is 5.53. The first kappa shape index (κ1) is 23.7. The highest BCUT2D eigenvalue weighted by Gasteiger charge is 2.20. The summed E-state index contributed by atoms with van der Waals surface area (Å²) in [4.78, 5) is 31.4. The molecule has 5 rings (SSSR count). The minimum atomic E-state index is -0.371. The zero-order valence-corrected chi connectivity index (χ0v) is 20.6. The third-order valence-corrected chi connectivity index (χ3v) is 6.98. The van der Waals surface area contributed by atoms with Gasteiger partial charge in [0.15, 0.2) is 0 Å². The first-order valence-electron chi connectivity index (χ1n) is 11.0. The van der Waals surface area contributed by atoms with Crippen LogP contribution in [0.3, 0.4) is 0 Å². The van der Waals surface area contributed by atoms with Gasteiger partial charge < -0.3 is 10.1 Å². The number of rotatable bonds is 6. The number of fused-ring (bicyclic) bond motifs is 1. The van der Waals surface area contributed by atoms with E-state index in [2.05, 4.69) is 10.3 Å². The molecule has 0 radical (unpaired) electrons. The lowest BCUT2D eigenvalue weighted by atomic mass is 10.2. The maximum atomic E-state index is 13.5. The highest BCUT2D eigenvalue weighted by atomic mass is 35.5. The highest BCUT2D eigenvalue weighted by Crippen LogP contribution is 2.29. The summed E-state index contributed by atoms with van der Waals surface area (Å²) < 4.78 is 20.7. The fraction of sp³-hybridized carbons (Fsp3) is 0.0741. The van der Waals surface area contributed by atoms with Crippen LogP contribution in [0.2, 0.25) is 5.02 Å². The van der Waals surface area contributed by atoms with E-state index in [0.717, 1.165) is 11.3 Å². The maximum Gasteiger partial charge on any atom is 0.266 e. The van der Waals surface area contributed by atoms with Gasteiger partial charge in [-0.05, 0) is 78.7 Å². The van der Waals surface area contributed by atoms with Crippen LogP contribution in [0.5, 0.6) is 11.5 Å². The Morgan fingerprint density at radius 1 is 1.08 bits per heavy atom. The predicted octanol–water partition coefficient (Wildman–Crippen LogP) is 6.65. The van der Waals surface area contributed by atoms with Crippen LogP contribution >= 0.6 is 22.9 Å². The highest BCUT2D eigenvalue weighted by molar-refractivity contribution is 7.20. The molecule has 0 aliphatic heterocycles. The molecule has 0 atom stereocenters. The Morgan fingerprint density at radius 2 is 1.78 bits per heavy atom. The lowest BCUT2D eigenvalue weighted by Crippen LogP contribution is -2.21. The molecule has 6 nitrogen and oxygen atoms in total. The molecule has 2 heterocycles. The molecule has 0 aliphatic carbocycles. The number of carbonyl (C=O) groups is 1. The van der Waals surface area contributed by atoms with Crippen LogP contribution in [0, 0.1) is 12.7 Å². The summed E-state index contributed by atoms with van der Waals surface area (Å²) in [5.74, 6) is 0.548. The van der Waals surface area contributed by atoms with E-state index in [1.54, 1.807) is 67.6 Å². The smallest absolute Gasteiger partial charge is 0.266 e. The van der Waals surface area contributed by atoms with Crippen molar-refractivity contribution in [2.45, 2.75) is 13.5 Å². The van der Waals surface area contributed by atoms with E-state index in [9.17, 15) is 14.0 Å². The van der Waals surface area contributed by atoms with Gasteiger partial charge in [-0.1, -0.05) is 23.7 Å². The van der Waals surface area contributed by atoms with Crippen LogP contribution < -0.4 is 15.6 Å². The number of benzene rings is 3. The minimum absolute atomic E-state index is 0.181. The van der Waals surface area contributed by atoms with Crippen molar-refractivity contribution < 1.29 is 13.9 Å². The van der Waals surface area contributed by atoms with Crippen molar-refractivity contribution in [1.82, 2.24) is 9.55 Å². The van der Waals surface area contributed by atoms with Crippen LogP contribution in [0.15, 0.2) is 83.9 Å². The zero-order valence-electron chi connectivity index (χ0n) is 19.0. The molecule has 0 fully saturated rings. The van der Waals surface area contributed by atoms with E-state index in [1.807, 2.05) is 0 Å². The average molecular weight is 520 g/mol. The summed E-state index contributed by atoms with van der Waals surface area (Å²) in [6.07, 6.45) is 1.42. The van der Waals surface area contributed by atoms with E-state index in [4.69, 9.17) is 16.3 Å². The standard InChI is InChI=1S/C27H19ClFN3O3S/c1-16-23-26(30-15-32(27(23)34)14-17-3-2-4-19(29)13-17)36-24(16)25(33)31-20-7-11-22(12-8-20)35-21-9-5-18(28)6-10-21/h2-13,15H,14H2,1H3,(H,31,33). The number of hydrogen-bond donors (Lipinski definition) is 1. The molecule has 0 unspecified atom stereocenters. The van der Waals surface area contributed by atoms with Crippen LogP contribution in [0.4, 0.5) is 10.1 Å². The molecule has 9 heteroatoms. The van der Waals surface area contributed by atoms with Gasteiger partial charge in [0.2, 0.25) is 0 Å². The van der Waals surface area contributed by atoms with E-state index in [-0.39, 0.29) is 23.8 Å². The topological polar surface area (TPSA) is 73.2 Å². The van der Waals surface area contributed by atoms with E-state index >= 15 is 0 Å². The fourth-order valence-electron chi connectivity index (χ4n) is 3.75. The van der Waals surface area contributed by atoms with Crippen LogP contribution in [-0.2, 0) is 6.54 Å². The number of aryl methyl sites for hydroxylation is 1. The molecule has 5 aromatic rings. The van der Waals surface area contributed by atoms with Crippen molar-refractivity contribution in [3.63, 3.8) is 0 Å². The maximum absolute atomic E-state index is 13.5. The molecular formula is C27H19ClFN3O3S. The molecule has 3 aromatic carbocycles. The van der Waals surface area contributed by atoms with Gasteiger partial charge in [0.25, 0.3) is 11.5 Å². The Morgan fingerprint density at radius 3 is 2.47 bits per heavy atom. The van der Waals surface area contributed by atoms with Gasteiger partial charge in [-0.3, -0.25) is 14.2 Å². The van der Waals surface area contributed by atoms with Gasteiger partial charge >= 0.3 is 0 Å². The van der Waals surface area contributed by atoms with Crippen molar-refractivity contribution in [2.75, 3.05) is 5.32 Å². The number of anilines is 1. The first-order valence-corrected chi connectivity index (χ1v) is 12.1. The van der Waals surface area contributed by atoms with E-state index in [1.165, 1.54) is 23.0 Å². The molecule has 36 heavy (non-hydrogen) atoms. The zero-order chi connectivity index (χ0) is 25.2. The molecular weight excluding hydrogens is 501 g/mol. The van der Waals surface area contributed by atoms with Crippen LogP contribution in [0.1, 0.15) is 20.8 Å². The number of amides is 1. The van der Waals surface area contributed by atoms with Gasteiger partial charge in [0, 0.05) is 10.7 Å². The number of nitrogens with zero attached hydrogens (tertiary/aromatic N) is 2. The van der Waals surface area contributed by atoms with Crippen molar-refractivity contribution in [3.05, 3.63) is 116 Å². The fourth-order valence-corrected chi connectivity index (χ4v) is 4.91. The van der Waals surface area contributed by atoms with E-state index in [0.29, 0.717) is 48.4 Å². The van der Waals surface area contributed by atoms with Crippen LogP contribution in [0.25, 0.3) is 10.2 Å². The Hall–Kier alpha value is -4.01. The number of halogens is 2. The van der Waals surface area contributed by atoms with Crippen LogP contribution in [-0.4, -0.2) is 15.5 Å². The lowest BCUT2D eigenvalue weighted by Gasteiger charge is -2.08. The Labute approximate surface area is 214 Å². The molecule has 1 N–H and O–H groups in total. The van der Waals surface area contributed by atoms with Gasteiger partial charge in [-0.2, -0.15) is 0 Å². The Bertz CT molecular complexity index is 1630. The summed E-state index contributed by atoms with van der Waals surface area (Å²) in [5.41, 5.74) is 1.51. The average Bonchev–Trinajstić information content (AvgIpc) is 3.21. The summed E-state index contributed by atoms with van der Waals surface area (Å²) in [6, 6.07) is 20.0. The first-order chi connectivity index (χ1) is 17.4. The molecule has 180 valence electrons. The largest absolute Gasteiger partial charge is 0.457 e. The molecule has 0 aliphatic rings. The lowest BCUT2D eigenvalue weighted by molar-refractivity contribution is 0.103. The Kier molecular flexibility index (Phi) is 6.54. The minimum Gasteiger partial charge on any atom is -0.457 e. The van der Waals surface area contributed by atoms with Gasteiger partial charge in [-0.15, -0.1) is 11.3 Å². The number of carbonyl (C=O) groups excluding carboxylic acids is 1. The molecule has 0 saturated carbocycles. The summed E-state index contributed by atoms with van der Waals surface area (Å²) in [6.45, 7) is 1.91. The van der Waals surface area contributed by atoms with Gasteiger partial charge in [-0.25, -0.2) is 9.37 Å². The summed E-state index contributed by atoms with van der Waals surface area (Å²) >= 11 is 7.05. The SMILES string of the molecule is Cc1c(C(=O)Nc2ccc(Oc3ccc(Cl)cc3)cc2)sc2ncn(Cc3cccc(F)c3)c(=O)c12. The van der Waals surface area contributed by atoms with Gasteiger partial charge in [0.1, 0.15) is 22.1 Å². The van der Waals surface area contributed by atoms with Crippen molar-refractivity contribution in [1.29, 1.82) is 0 Å². The van der Waals surface area contributed by atoms with Crippen molar-refractivity contribution in [3.8, 4) is 11.5 Å². The number of ether oxygens (including phenoxy) is 1. The third kappa shape index (κ3) is 5.00.